The monoisotopic (exact) mass is 242 g/mol. The van der Waals surface area contributed by atoms with Gasteiger partial charge in [-0.15, -0.1) is 5.10 Å². The molecule has 4 aliphatic rings. The van der Waals surface area contributed by atoms with Gasteiger partial charge in [0.05, 0.1) is 5.69 Å². The number of aryl methyl sites for hydroxylation is 1. The van der Waals surface area contributed by atoms with Gasteiger partial charge in [0.1, 0.15) is 6.07 Å². The van der Waals surface area contributed by atoms with E-state index in [-0.39, 0.29) is 0 Å². The topological polar surface area (TPSA) is 54.5 Å². The number of hydrogen-bond donors (Lipinski definition) is 0. The molecule has 0 radical (unpaired) electrons. The van der Waals surface area contributed by atoms with E-state index in [0.29, 0.717) is 11.6 Å². The molecular formula is C14H18N4. The number of rotatable bonds is 1. The lowest BCUT2D eigenvalue weighted by atomic mass is 9.51. The van der Waals surface area contributed by atoms with Gasteiger partial charge in [-0.05, 0) is 55.8 Å². The molecule has 94 valence electrons. The molecule has 0 unspecified atom stereocenters. The Morgan fingerprint density at radius 3 is 2.28 bits per heavy atom. The molecule has 1 heterocycles. The van der Waals surface area contributed by atoms with Gasteiger partial charge in [-0.2, -0.15) is 5.26 Å². The van der Waals surface area contributed by atoms with Crippen LogP contribution in [0.3, 0.4) is 0 Å². The van der Waals surface area contributed by atoms with E-state index >= 15 is 0 Å². The Morgan fingerprint density at radius 1 is 1.11 bits per heavy atom. The third-order valence-electron chi connectivity index (χ3n) is 5.52. The average molecular weight is 242 g/mol. The maximum absolute atomic E-state index is 9.22. The summed E-state index contributed by atoms with van der Waals surface area (Å²) in [6.07, 6.45) is 6.94. The van der Waals surface area contributed by atoms with E-state index in [1.807, 2.05) is 11.7 Å². The van der Waals surface area contributed by atoms with Crippen molar-refractivity contribution >= 4 is 0 Å². The zero-order chi connectivity index (χ0) is 12.3. The predicted molar refractivity (Wildman–Crippen MR) is 65.5 cm³/mol. The first kappa shape index (κ1) is 10.5. The van der Waals surface area contributed by atoms with Gasteiger partial charge in [0.2, 0.25) is 0 Å². The molecule has 4 saturated carbocycles. The van der Waals surface area contributed by atoms with E-state index in [1.54, 1.807) is 0 Å². The van der Waals surface area contributed by atoms with Gasteiger partial charge >= 0.3 is 0 Å². The zero-order valence-electron chi connectivity index (χ0n) is 10.7. The summed E-state index contributed by atoms with van der Waals surface area (Å²) in [5.41, 5.74) is 1.68. The smallest absolute Gasteiger partial charge is 0.186 e. The number of hydrogen-bond acceptors (Lipinski definition) is 3. The summed E-state index contributed by atoms with van der Waals surface area (Å²) in [4.78, 5) is 0. The molecular weight excluding hydrogens is 224 g/mol. The highest BCUT2D eigenvalue weighted by molar-refractivity contribution is 5.30. The Labute approximate surface area is 107 Å². The minimum absolute atomic E-state index is 0.549. The molecule has 4 fully saturated rings. The lowest BCUT2D eigenvalue weighted by Crippen LogP contribution is -2.44. The van der Waals surface area contributed by atoms with Crippen LogP contribution in [0.4, 0.5) is 0 Å². The minimum atomic E-state index is 0.549. The van der Waals surface area contributed by atoms with Gasteiger partial charge in [-0.25, -0.2) is 0 Å². The van der Waals surface area contributed by atoms with Crippen LogP contribution in [-0.2, 0) is 7.05 Å². The molecule has 0 N–H and O–H groups in total. The van der Waals surface area contributed by atoms with Gasteiger partial charge in [-0.1, -0.05) is 5.21 Å². The van der Waals surface area contributed by atoms with E-state index in [2.05, 4.69) is 16.4 Å². The van der Waals surface area contributed by atoms with Crippen LogP contribution >= 0.6 is 0 Å². The van der Waals surface area contributed by atoms with Crippen molar-refractivity contribution in [3.05, 3.63) is 11.4 Å². The molecule has 1 aromatic heterocycles. The van der Waals surface area contributed by atoms with Crippen molar-refractivity contribution in [3.8, 4) is 6.07 Å². The fraction of sp³-hybridized carbons (Fsp3) is 0.786. The van der Waals surface area contributed by atoms with E-state index in [1.165, 1.54) is 32.1 Å². The molecule has 4 aliphatic carbocycles. The summed E-state index contributed by atoms with van der Waals surface area (Å²) >= 11 is 0. The van der Waals surface area contributed by atoms with Crippen LogP contribution < -0.4 is 0 Å². The zero-order valence-corrected chi connectivity index (χ0v) is 10.7. The fourth-order valence-electron chi connectivity index (χ4n) is 5.19. The quantitative estimate of drug-likeness (QED) is 0.758. The highest BCUT2D eigenvalue weighted by Crippen LogP contribution is 2.59. The SMILES string of the molecule is Cn1nnc(C#N)c1C1C2CC3CC(C2)CC1C3. The molecule has 0 atom stereocenters. The molecule has 0 saturated heterocycles. The van der Waals surface area contributed by atoms with Crippen molar-refractivity contribution in [2.75, 3.05) is 0 Å². The standard InChI is InChI=1S/C14H18N4/c1-18-14(12(7-15)16-17-18)13-10-3-8-2-9(5-10)6-11(13)4-8/h8-11,13H,2-6H2,1H3. The van der Waals surface area contributed by atoms with Crippen LogP contribution in [0, 0.1) is 35.0 Å². The van der Waals surface area contributed by atoms with Crippen LogP contribution in [0.1, 0.15) is 49.4 Å². The second-order valence-electron chi connectivity index (χ2n) is 6.52. The lowest BCUT2D eigenvalue weighted by molar-refractivity contribution is -0.00543. The molecule has 1 aromatic rings. The van der Waals surface area contributed by atoms with Gasteiger partial charge in [0, 0.05) is 13.0 Å². The van der Waals surface area contributed by atoms with Crippen molar-refractivity contribution in [2.45, 2.75) is 38.0 Å². The Bertz CT molecular complexity index is 496. The molecule has 4 heteroatoms. The summed E-state index contributed by atoms with van der Waals surface area (Å²) in [7, 11) is 1.94. The molecule has 4 bridgehead atoms. The van der Waals surface area contributed by atoms with Gasteiger partial charge < -0.3 is 0 Å². The second kappa shape index (κ2) is 3.57. The third kappa shape index (κ3) is 1.31. The highest BCUT2D eigenvalue weighted by atomic mass is 15.4. The van der Waals surface area contributed by atoms with Crippen molar-refractivity contribution in [1.82, 2.24) is 15.0 Å². The van der Waals surface area contributed by atoms with Crippen molar-refractivity contribution in [2.24, 2.45) is 30.7 Å². The Hall–Kier alpha value is -1.37. The van der Waals surface area contributed by atoms with Crippen LogP contribution in [0.25, 0.3) is 0 Å². The minimum Gasteiger partial charge on any atom is -0.251 e. The first-order valence-corrected chi connectivity index (χ1v) is 7.06. The van der Waals surface area contributed by atoms with Crippen LogP contribution in [0.15, 0.2) is 0 Å². The predicted octanol–water partition coefficient (Wildman–Crippen LogP) is 2.23. The third-order valence-corrected chi connectivity index (χ3v) is 5.52. The number of nitriles is 1. The van der Waals surface area contributed by atoms with E-state index in [9.17, 15) is 5.26 Å². The first-order chi connectivity index (χ1) is 8.76. The molecule has 0 aromatic carbocycles. The van der Waals surface area contributed by atoms with Crippen molar-refractivity contribution in [3.63, 3.8) is 0 Å². The van der Waals surface area contributed by atoms with Crippen LogP contribution in [-0.4, -0.2) is 15.0 Å². The summed E-state index contributed by atoms with van der Waals surface area (Å²) < 4.78 is 1.85. The van der Waals surface area contributed by atoms with Crippen LogP contribution in [0.2, 0.25) is 0 Å². The maximum Gasteiger partial charge on any atom is 0.186 e. The van der Waals surface area contributed by atoms with Crippen molar-refractivity contribution in [1.29, 1.82) is 5.26 Å². The van der Waals surface area contributed by atoms with Gasteiger partial charge in [0.15, 0.2) is 5.69 Å². The molecule has 0 amide bonds. The second-order valence-corrected chi connectivity index (χ2v) is 6.52. The van der Waals surface area contributed by atoms with E-state index < -0.39 is 0 Å². The number of nitrogens with zero attached hydrogens (tertiary/aromatic N) is 4. The highest BCUT2D eigenvalue weighted by Gasteiger charge is 2.50. The summed E-state index contributed by atoms with van der Waals surface area (Å²) in [5.74, 6) is 4.05. The normalized spacial score (nSPS) is 41.0. The summed E-state index contributed by atoms with van der Waals surface area (Å²) in [6.45, 7) is 0. The molecule has 18 heavy (non-hydrogen) atoms. The Kier molecular flexibility index (Phi) is 2.09. The van der Waals surface area contributed by atoms with E-state index in [0.717, 1.165) is 29.4 Å². The molecule has 0 aliphatic heterocycles. The van der Waals surface area contributed by atoms with Crippen molar-refractivity contribution < 1.29 is 0 Å². The average Bonchev–Trinajstić information content (AvgIpc) is 2.70. The molecule has 5 rings (SSSR count). The lowest BCUT2D eigenvalue weighted by Gasteiger charge is -2.54. The first-order valence-electron chi connectivity index (χ1n) is 7.06. The van der Waals surface area contributed by atoms with Gasteiger partial charge in [0.25, 0.3) is 0 Å². The number of aromatic nitrogens is 3. The Balaban J connectivity index is 1.77. The summed E-state index contributed by atoms with van der Waals surface area (Å²) in [5, 5.41) is 17.3. The maximum atomic E-state index is 9.22. The Morgan fingerprint density at radius 2 is 1.72 bits per heavy atom. The molecule has 0 spiro atoms. The summed E-state index contributed by atoms with van der Waals surface area (Å²) in [6, 6.07) is 2.23. The fourth-order valence-corrected chi connectivity index (χ4v) is 5.19. The van der Waals surface area contributed by atoms with Gasteiger partial charge in [-0.3, -0.25) is 4.68 Å². The molecule has 4 nitrogen and oxygen atoms in total. The van der Waals surface area contributed by atoms with Crippen LogP contribution in [0.5, 0.6) is 0 Å². The van der Waals surface area contributed by atoms with E-state index in [4.69, 9.17) is 0 Å². The largest absolute Gasteiger partial charge is 0.251 e.